The minimum Gasteiger partial charge on any atom is -0.386 e. The largest absolute Gasteiger partial charge is 0.386 e. The molecule has 0 spiro atoms. The van der Waals surface area contributed by atoms with Gasteiger partial charge >= 0.3 is 0 Å². The van der Waals surface area contributed by atoms with Gasteiger partial charge in [0.25, 0.3) is 5.91 Å². The second-order valence-electron chi connectivity index (χ2n) is 9.24. The Kier molecular flexibility index (Phi) is 8.55. The van der Waals surface area contributed by atoms with Crippen LogP contribution in [0.15, 0.2) is 27.5 Å². The molecule has 31 heavy (non-hydrogen) atoms. The first-order chi connectivity index (χ1) is 14.3. The van der Waals surface area contributed by atoms with E-state index in [9.17, 15) is 14.1 Å². The van der Waals surface area contributed by atoms with Crippen molar-refractivity contribution >= 4 is 27.6 Å². The number of hydrogen-bond donors (Lipinski definition) is 2. The van der Waals surface area contributed by atoms with E-state index >= 15 is 0 Å². The molecule has 1 amide bonds. The van der Waals surface area contributed by atoms with Crippen molar-refractivity contribution < 1.29 is 18.8 Å². The lowest BCUT2D eigenvalue weighted by Gasteiger charge is -2.21. The van der Waals surface area contributed by atoms with Crippen LogP contribution >= 0.6 is 11.8 Å². The van der Waals surface area contributed by atoms with E-state index in [1.165, 1.54) is 11.8 Å². The Bertz CT molecular complexity index is 939. The van der Waals surface area contributed by atoms with Crippen LogP contribution in [-0.4, -0.2) is 32.5 Å². The zero-order valence-corrected chi connectivity index (χ0v) is 21.2. The first-order valence-corrected chi connectivity index (χ1v) is 13.1. The maximum absolute atomic E-state index is 13.1. The molecule has 6 nitrogen and oxygen atoms in total. The Morgan fingerprint density at radius 3 is 2.26 bits per heavy atom. The third-order valence-corrected chi connectivity index (χ3v) is 8.88. The van der Waals surface area contributed by atoms with E-state index in [0.29, 0.717) is 13.0 Å². The number of amides is 1. The van der Waals surface area contributed by atoms with Crippen molar-refractivity contribution in [2.24, 2.45) is 9.50 Å². The first kappa shape index (κ1) is 26.1. The van der Waals surface area contributed by atoms with Gasteiger partial charge in [-0.25, -0.2) is 9.35 Å². The van der Waals surface area contributed by atoms with Crippen LogP contribution in [-0.2, 0) is 32.5 Å². The van der Waals surface area contributed by atoms with Crippen molar-refractivity contribution in [2.75, 3.05) is 7.11 Å². The Balaban J connectivity index is 2.35. The molecule has 0 bridgehead atoms. The molecule has 2 unspecified atom stereocenters. The maximum atomic E-state index is 13.1. The molecule has 1 aliphatic rings. The van der Waals surface area contributed by atoms with E-state index in [0.717, 1.165) is 27.8 Å². The number of ether oxygens (including phenoxy) is 1. The summed E-state index contributed by atoms with van der Waals surface area (Å²) in [7, 11) is -1.59. The Labute approximate surface area is 191 Å². The third-order valence-electron chi connectivity index (χ3n) is 5.42. The number of methoxy groups -OCH3 is 1. The van der Waals surface area contributed by atoms with Crippen LogP contribution in [0.2, 0.25) is 0 Å². The minimum atomic E-state index is -3.25. The summed E-state index contributed by atoms with van der Waals surface area (Å²) in [4.78, 5) is 12.9. The molecule has 3 N–H and O–H groups in total. The minimum absolute atomic E-state index is 0.0612. The van der Waals surface area contributed by atoms with Gasteiger partial charge < -0.3 is 9.84 Å². The highest BCUT2D eigenvalue weighted by molar-refractivity contribution is 8.15. The van der Waals surface area contributed by atoms with E-state index in [4.69, 9.17) is 9.88 Å². The average Bonchev–Trinajstić information content (AvgIpc) is 3.13. The van der Waals surface area contributed by atoms with Gasteiger partial charge in [0, 0.05) is 7.11 Å². The van der Waals surface area contributed by atoms with Crippen molar-refractivity contribution in [1.29, 1.82) is 0 Å². The summed E-state index contributed by atoms with van der Waals surface area (Å²) >= 11 is 1.27. The second-order valence-corrected chi connectivity index (χ2v) is 12.6. The highest BCUT2D eigenvalue weighted by atomic mass is 32.3. The molecule has 0 radical (unpaired) electrons. The summed E-state index contributed by atoms with van der Waals surface area (Å²) in [6, 6.07) is 4.16. The number of nitrogens with zero attached hydrogens (tertiary/aromatic N) is 1. The highest BCUT2D eigenvalue weighted by Crippen LogP contribution is 2.38. The fraction of sp³-hybridized carbons (Fsp3) is 0.609. The monoisotopic (exact) mass is 468 g/mol. The first-order valence-electron chi connectivity index (χ1n) is 10.5. The number of thioether (sulfide) groups is 1. The fourth-order valence-electron chi connectivity index (χ4n) is 3.69. The summed E-state index contributed by atoms with van der Waals surface area (Å²) < 4.78 is 21.8. The van der Waals surface area contributed by atoms with Crippen LogP contribution in [0.5, 0.6) is 0 Å². The van der Waals surface area contributed by atoms with Crippen molar-refractivity contribution in [2.45, 2.75) is 83.0 Å². The quantitative estimate of drug-likeness (QED) is 0.580. The van der Waals surface area contributed by atoms with Gasteiger partial charge in [0.2, 0.25) is 0 Å². The number of hydrogen-bond acceptors (Lipinski definition) is 5. The van der Waals surface area contributed by atoms with Gasteiger partial charge in [0.15, 0.2) is 0 Å². The van der Waals surface area contributed by atoms with Crippen LogP contribution in [0.3, 0.4) is 0 Å². The summed E-state index contributed by atoms with van der Waals surface area (Å²) in [5.41, 5.74) is 3.89. The average molecular weight is 469 g/mol. The number of nitrogens with two attached hydrogens (primary N) is 1. The van der Waals surface area contributed by atoms with Crippen molar-refractivity contribution in [3.05, 3.63) is 45.4 Å². The van der Waals surface area contributed by atoms with E-state index in [1.807, 2.05) is 0 Å². The van der Waals surface area contributed by atoms with E-state index < -0.39 is 26.0 Å². The number of rotatable bonds is 8. The molecule has 0 saturated heterocycles. The van der Waals surface area contributed by atoms with Gasteiger partial charge in [0.1, 0.15) is 14.5 Å². The van der Waals surface area contributed by atoms with Gasteiger partial charge in [-0.1, -0.05) is 39.8 Å². The topological polar surface area (TPSA) is 102 Å². The van der Waals surface area contributed by atoms with Crippen molar-refractivity contribution in [3.63, 3.8) is 0 Å². The SMILES string of the molecule is COCc1cc(C(C)C)c(CC(=O)N=S(N)(=O)C2CC(C(C)(C)O)=CS2)c(C(C)C)c1. The lowest BCUT2D eigenvalue weighted by Crippen LogP contribution is -2.28. The zero-order valence-electron chi connectivity index (χ0n) is 19.6. The summed E-state index contributed by atoms with van der Waals surface area (Å²) in [5.74, 6) is -0.0559. The van der Waals surface area contributed by atoms with Crippen LogP contribution < -0.4 is 5.14 Å². The van der Waals surface area contributed by atoms with Crippen molar-refractivity contribution in [3.8, 4) is 0 Å². The highest BCUT2D eigenvalue weighted by Gasteiger charge is 2.33. The van der Waals surface area contributed by atoms with Gasteiger partial charge in [-0.15, -0.1) is 16.1 Å². The molecule has 8 heteroatoms. The number of aliphatic hydroxyl groups is 1. The molecule has 2 rings (SSSR count). The summed E-state index contributed by atoms with van der Waals surface area (Å²) in [6.45, 7) is 12.2. The van der Waals surface area contributed by atoms with E-state index in [2.05, 4.69) is 44.2 Å². The molecule has 0 saturated carbocycles. The molecular formula is C23H36N2O4S2. The molecule has 1 aromatic carbocycles. The van der Waals surface area contributed by atoms with Gasteiger partial charge in [-0.3, -0.25) is 4.79 Å². The zero-order chi connectivity index (χ0) is 23.6. The van der Waals surface area contributed by atoms with Gasteiger partial charge in [0.05, 0.1) is 18.6 Å². The number of benzene rings is 1. The molecule has 174 valence electrons. The molecule has 0 fully saturated rings. The standard InChI is InChI=1S/C23H36N2O4S2/c1-14(2)18-8-16(12-29-7)9-19(15(3)4)20(18)11-21(26)25-31(24,28)22-10-17(13-30-22)23(5,6)27/h8-9,13-15,22,27H,10-12H2,1-7H3,(H2,24,25,26,28). The van der Waals surface area contributed by atoms with E-state index in [1.54, 1.807) is 26.4 Å². The van der Waals surface area contributed by atoms with Gasteiger partial charge in [-0.05, 0) is 65.3 Å². The van der Waals surface area contributed by atoms with Crippen LogP contribution in [0, 0.1) is 0 Å². The normalized spacial score (nSPS) is 18.9. The molecule has 0 aromatic heterocycles. The molecule has 2 atom stereocenters. The predicted octanol–water partition coefficient (Wildman–Crippen LogP) is 4.61. The van der Waals surface area contributed by atoms with Crippen LogP contribution in [0.1, 0.15) is 82.1 Å². The maximum Gasteiger partial charge on any atom is 0.259 e. The molecule has 1 aliphatic heterocycles. The summed E-state index contributed by atoms with van der Waals surface area (Å²) in [6.07, 6.45) is 0.409. The molecule has 1 aromatic rings. The Morgan fingerprint density at radius 1 is 1.29 bits per heavy atom. The lowest BCUT2D eigenvalue weighted by molar-refractivity contribution is -0.117. The summed E-state index contributed by atoms with van der Waals surface area (Å²) in [5, 5.41) is 18.0. The van der Waals surface area contributed by atoms with Crippen molar-refractivity contribution in [1.82, 2.24) is 0 Å². The Morgan fingerprint density at radius 2 is 1.84 bits per heavy atom. The van der Waals surface area contributed by atoms with Crippen LogP contribution in [0.25, 0.3) is 0 Å². The second kappa shape index (κ2) is 10.2. The smallest absolute Gasteiger partial charge is 0.259 e. The molecular weight excluding hydrogens is 432 g/mol. The van der Waals surface area contributed by atoms with E-state index in [-0.39, 0.29) is 18.3 Å². The lowest BCUT2D eigenvalue weighted by atomic mass is 9.85. The predicted molar refractivity (Wildman–Crippen MR) is 129 cm³/mol. The molecule has 0 aliphatic carbocycles. The number of carbonyl (C=O) groups excluding carboxylic acids is 1. The molecule has 1 heterocycles. The number of carbonyl (C=O) groups is 1. The van der Waals surface area contributed by atoms with Crippen LogP contribution in [0.4, 0.5) is 0 Å². The third kappa shape index (κ3) is 6.65. The Hall–Kier alpha value is -1.19. The van der Waals surface area contributed by atoms with Gasteiger partial charge in [-0.2, -0.15) is 0 Å². The fourth-order valence-corrected chi connectivity index (χ4v) is 6.52.